The van der Waals surface area contributed by atoms with E-state index in [1.165, 1.54) is 0 Å². The molecule has 3 fully saturated rings. The number of fused-ring (bicyclic) bond motifs is 4. The number of pyridine rings is 1. The Morgan fingerprint density at radius 2 is 1.88 bits per heavy atom. The molecule has 1 N–H and O–H groups in total. The van der Waals surface area contributed by atoms with Gasteiger partial charge in [0.1, 0.15) is 18.7 Å². The molecule has 3 aromatic rings. The summed E-state index contributed by atoms with van der Waals surface area (Å²) in [5.41, 5.74) is 1.96. The first-order valence-corrected chi connectivity index (χ1v) is 11.5. The first kappa shape index (κ1) is 22.1. The number of aromatic nitrogens is 1. The van der Waals surface area contributed by atoms with Crippen LogP contribution in [-0.2, 0) is 12.7 Å². The second-order valence-electron chi connectivity index (χ2n) is 9.59. The summed E-state index contributed by atoms with van der Waals surface area (Å²) >= 11 is 0. The quantitative estimate of drug-likeness (QED) is 0.386. The Bertz CT molecular complexity index is 1150. The van der Waals surface area contributed by atoms with E-state index in [1.807, 2.05) is 36.4 Å². The molecule has 2 bridgehead atoms. The smallest absolute Gasteiger partial charge is 0.382 e. The van der Waals surface area contributed by atoms with Gasteiger partial charge in [-0.15, -0.1) is 6.58 Å². The van der Waals surface area contributed by atoms with Gasteiger partial charge < -0.3 is 9.59 Å². The largest absolute Gasteiger partial charge is 0.416 e. The van der Waals surface area contributed by atoms with E-state index in [0.29, 0.717) is 22.9 Å². The van der Waals surface area contributed by atoms with E-state index in [1.54, 1.807) is 18.3 Å². The van der Waals surface area contributed by atoms with Crippen molar-refractivity contribution in [2.75, 3.05) is 13.1 Å². The molecule has 172 valence electrons. The molecule has 0 amide bonds. The lowest BCUT2D eigenvalue weighted by Gasteiger charge is -2.58. The summed E-state index contributed by atoms with van der Waals surface area (Å²) in [5, 5.41) is 12.6. The molecule has 33 heavy (non-hydrogen) atoms. The highest BCUT2D eigenvalue weighted by atomic mass is 19.4. The van der Waals surface area contributed by atoms with Gasteiger partial charge in [-0.25, -0.2) is 0 Å². The Balaban J connectivity index is 1.51. The predicted molar refractivity (Wildman–Crippen MR) is 122 cm³/mol. The summed E-state index contributed by atoms with van der Waals surface area (Å²) in [6, 6.07) is 15.2. The molecule has 1 aromatic heterocycles. The van der Waals surface area contributed by atoms with Gasteiger partial charge in [-0.3, -0.25) is 4.98 Å². The van der Waals surface area contributed by atoms with Crippen molar-refractivity contribution in [3.05, 3.63) is 90.1 Å². The lowest BCUT2D eigenvalue weighted by Crippen LogP contribution is -2.67. The van der Waals surface area contributed by atoms with Gasteiger partial charge in [0.15, 0.2) is 0 Å². The molecule has 3 aliphatic heterocycles. The van der Waals surface area contributed by atoms with Crippen molar-refractivity contribution in [2.24, 2.45) is 11.8 Å². The van der Waals surface area contributed by atoms with Crippen molar-refractivity contribution < 1.29 is 22.8 Å². The van der Waals surface area contributed by atoms with Crippen LogP contribution < -0.4 is 0 Å². The lowest BCUT2D eigenvalue weighted by atomic mass is 9.71. The molecular weight excluding hydrogens is 425 g/mol. The number of piperidine rings is 3. The molecule has 3 aliphatic rings. The zero-order valence-electron chi connectivity index (χ0n) is 18.4. The third kappa shape index (κ3) is 3.96. The Morgan fingerprint density at radius 3 is 2.61 bits per heavy atom. The molecule has 0 saturated carbocycles. The van der Waals surface area contributed by atoms with Gasteiger partial charge in [-0.1, -0.05) is 36.4 Å². The van der Waals surface area contributed by atoms with E-state index in [0.717, 1.165) is 60.1 Å². The van der Waals surface area contributed by atoms with Crippen molar-refractivity contribution >= 4 is 10.9 Å². The maximum absolute atomic E-state index is 13.1. The molecule has 0 aliphatic carbocycles. The van der Waals surface area contributed by atoms with Crippen LogP contribution in [0.25, 0.3) is 10.9 Å². The van der Waals surface area contributed by atoms with E-state index >= 15 is 0 Å². The summed E-state index contributed by atoms with van der Waals surface area (Å²) in [6.45, 7) is 6.39. The lowest BCUT2D eigenvalue weighted by molar-refractivity contribution is -0.984. The van der Waals surface area contributed by atoms with Crippen LogP contribution in [0.4, 0.5) is 13.2 Å². The number of aliphatic hydroxyl groups is 1. The number of hydrogen-bond acceptors (Lipinski definition) is 2. The molecule has 5 atom stereocenters. The minimum atomic E-state index is -4.34. The van der Waals surface area contributed by atoms with Crippen LogP contribution in [0, 0.1) is 11.8 Å². The number of halogens is 3. The van der Waals surface area contributed by atoms with Gasteiger partial charge in [-0.2, -0.15) is 13.2 Å². The SMILES string of the molecule is C=C[C@@H]1C[N@+]2(Cc3ccc(C(F)(F)F)cc3)CC[C@H]1C[C@@H]2[C@@H](O)c1ccnc2ccccc12. The van der Waals surface area contributed by atoms with E-state index in [4.69, 9.17) is 0 Å². The number of para-hydroxylation sites is 1. The summed E-state index contributed by atoms with van der Waals surface area (Å²) in [4.78, 5) is 4.43. The van der Waals surface area contributed by atoms with Crippen LogP contribution in [0.3, 0.4) is 0 Å². The number of benzene rings is 2. The maximum Gasteiger partial charge on any atom is 0.416 e. The number of nitrogens with zero attached hydrogens (tertiary/aromatic N) is 2. The molecule has 6 rings (SSSR count). The number of aliphatic hydroxyl groups excluding tert-OH is 1. The van der Waals surface area contributed by atoms with Gasteiger partial charge in [0.05, 0.1) is 24.2 Å². The highest BCUT2D eigenvalue weighted by molar-refractivity contribution is 5.82. The Morgan fingerprint density at radius 1 is 1.12 bits per heavy atom. The fraction of sp³-hybridized carbons (Fsp3) is 0.370. The molecule has 6 heteroatoms. The van der Waals surface area contributed by atoms with Crippen molar-refractivity contribution in [3.8, 4) is 0 Å². The third-order valence-electron chi connectivity index (χ3n) is 7.82. The molecule has 2 aromatic carbocycles. The normalized spacial score (nSPS) is 28.1. The van der Waals surface area contributed by atoms with Crippen LogP contribution in [0.5, 0.6) is 0 Å². The number of quaternary nitrogens is 1. The number of rotatable bonds is 5. The minimum Gasteiger partial charge on any atom is -0.382 e. The van der Waals surface area contributed by atoms with Crippen molar-refractivity contribution in [2.45, 2.75) is 37.7 Å². The zero-order chi connectivity index (χ0) is 23.2. The molecule has 4 heterocycles. The van der Waals surface area contributed by atoms with E-state index in [2.05, 4.69) is 11.6 Å². The highest BCUT2D eigenvalue weighted by Gasteiger charge is 2.54. The van der Waals surface area contributed by atoms with Crippen LogP contribution in [-0.4, -0.2) is 33.7 Å². The van der Waals surface area contributed by atoms with Crippen LogP contribution >= 0.6 is 0 Å². The van der Waals surface area contributed by atoms with Gasteiger partial charge in [0.25, 0.3) is 0 Å². The second kappa shape index (κ2) is 8.26. The molecule has 3 saturated heterocycles. The second-order valence-corrected chi connectivity index (χ2v) is 9.59. The van der Waals surface area contributed by atoms with Gasteiger partial charge in [0.2, 0.25) is 0 Å². The van der Waals surface area contributed by atoms with Crippen molar-refractivity contribution in [1.82, 2.24) is 4.98 Å². The predicted octanol–water partition coefficient (Wildman–Crippen LogP) is 5.90. The van der Waals surface area contributed by atoms with Crippen LogP contribution in [0.2, 0.25) is 0 Å². The van der Waals surface area contributed by atoms with Crippen molar-refractivity contribution in [1.29, 1.82) is 0 Å². The minimum absolute atomic E-state index is 0.0342. The topological polar surface area (TPSA) is 33.1 Å². The molecule has 0 radical (unpaired) electrons. The fourth-order valence-corrected chi connectivity index (χ4v) is 6.13. The summed E-state index contributed by atoms with van der Waals surface area (Å²) in [5.74, 6) is 0.827. The van der Waals surface area contributed by atoms with Gasteiger partial charge >= 0.3 is 6.18 Å². The van der Waals surface area contributed by atoms with E-state index < -0.39 is 17.8 Å². The van der Waals surface area contributed by atoms with Gasteiger partial charge in [-0.05, 0) is 35.7 Å². The molecular formula is C27H28F3N2O+. The first-order chi connectivity index (χ1) is 15.8. The molecule has 3 nitrogen and oxygen atoms in total. The summed E-state index contributed by atoms with van der Waals surface area (Å²) in [6.07, 6.45) is 0.648. The van der Waals surface area contributed by atoms with Crippen LogP contribution in [0.15, 0.2) is 73.4 Å². The Labute approximate surface area is 191 Å². The number of hydrogen-bond donors (Lipinski definition) is 1. The van der Waals surface area contributed by atoms with Gasteiger partial charge in [0, 0.05) is 35.9 Å². The first-order valence-electron chi connectivity index (χ1n) is 11.5. The van der Waals surface area contributed by atoms with Crippen molar-refractivity contribution in [3.63, 3.8) is 0 Å². The van der Waals surface area contributed by atoms with Crippen LogP contribution in [0.1, 0.15) is 35.6 Å². The average molecular weight is 454 g/mol. The number of alkyl halides is 3. The third-order valence-corrected chi connectivity index (χ3v) is 7.82. The zero-order valence-corrected chi connectivity index (χ0v) is 18.4. The monoisotopic (exact) mass is 453 g/mol. The van der Waals surface area contributed by atoms with E-state index in [-0.39, 0.29) is 6.04 Å². The summed E-state index contributed by atoms with van der Waals surface area (Å²) in [7, 11) is 0. The maximum atomic E-state index is 13.1. The van der Waals surface area contributed by atoms with E-state index in [9.17, 15) is 18.3 Å². The standard InChI is InChI=1S/C27H28F3N2O/c1-2-19-17-32(16-18-7-9-21(10-8-18)27(28,29)30)14-12-20(19)15-25(32)26(33)23-11-13-31-24-6-4-3-5-22(23)24/h2-11,13,19-20,25-26,33H,1,12,14-17H2/q+1/t19-,20+,25-,26+,32-/m1/s1. The average Bonchev–Trinajstić information content (AvgIpc) is 2.83. The molecule has 0 spiro atoms. The Kier molecular flexibility index (Phi) is 5.53. The highest BCUT2D eigenvalue weighted by Crippen LogP contribution is 2.48. The fourth-order valence-electron chi connectivity index (χ4n) is 6.13. The Hall–Kier alpha value is -2.70. The molecule has 0 unspecified atom stereocenters. The summed E-state index contributed by atoms with van der Waals surface area (Å²) < 4.78 is 39.8.